The smallest absolute Gasteiger partial charge is 0.239 e. The van der Waals surface area contributed by atoms with Crippen LogP contribution in [0.1, 0.15) is 11.1 Å². The molecule has 0 bridgehead atoms. The van der Waals surface area contributed by atoms with E-state index >= 15 is 0 Å². The Kier molecular flexibility index (Phi) is 8.94. The van der Waals surface area contributed by atoms with Gasteiger partial charge in [0, 0.05) is 11.4 Å². The number of hydrogen-bond acceptors (Lipinski definition) is 6. The van der Waals surface area contributed by atoms with Crippen LogP contribution in [0, 0.1) is 11.6 Å². The second-order valence-corrected chi connectivity index (χ2v) is 13.1. The van der Waals surface area contributed by atoms with Gasteiger partial charge in [0.15, 0.2) is 19.7 Å². The van der Waals surface area contributed by atoms with Crippen LogP contribution in [-0.4, -0.2) is 40.2 Å². The third kappa shape index (κ3) is 8.29. The van der Waals surface area contributed by atoms with Crippen LogP contribution < -0.4 is 10.6 Å². The molecule has 4 aromatic rings. The summed E-state index contributed by atoms with van der Waals surface area (Å²) in [5.74, 6) is -4.20. The summed E-state index contributed by atoms with van der Waals surface area (Å²) < 4.78 is 75.6. The minimum atomic E-state index is -3.93. The minimum absolute atomic E-state index is 0.148. The number of carbonyl (C=O) groups is 2. The van der Waals surface area contributed by atoms with Crippen molar-refractivity contribution < 1.29 is 35.2 Å². The quantitative estimate of drug-likeness (QED) is 0.261. The van der Waals surface area contributed by atoms with Crippen LogP contribution in [0.15, 0.2) is 107 Å². The van der Waals surface area contributed by atoms with Crippen molar-refractivity contribution in [3.8, 4) is 0 Å². The van der Waals surface area contributed by atoms with Crippen LogP contribution in [0.4, 0.5) is 20.2 Å². The first-order valence-electron chi connectivity index (χ1n) is 12.1. The normalized spacial score (nSPS) is 11.6. The molecule has 0 atom stereocenters. The van der Waals surface area contributed by atoms with E-state index in [2.05, 4.69) is 10.6 Å². The fourth-order valence-corrected chi connectivity index (χ4v) is 6.11. The second kappa shape index (κ2) is 12.4. The lowest BCUT2D eigenvalue weighted by molar-refractivity contribution is -0.114. The Morgan fingerprint density at radius 3 is 1.15 bits per heavy atom. The van der Waals surface area contributed by atoms with Gasteiger partial charge in [0.25, 0.3) is 0 Å². The molecule has 0 spiro atoms. The Labute approximate surface area is 235 Å². The Balaban J connectivity index is 1.29. The number of halogens is 2. The molecule has 0 radical (unpaired) electrons. The molecule has 8 nitrogen and oxygen atoms in total. The molecule has 2 N–H and O–H groups in total. The van der Waals surface area contributed by atoms with Crippen molar-refractivity contribution in [3.63, 3.8) is 0 Å². The van der Waals surface area contributed by atoms with E-state index in [0.717, 1.165) is 59.7 Å². The van der Waals surface area contributed by atoms with Gasteiger partial charge in [0.1, 0.15) is 23.1 Å². The predicted molar refractivity (Wildman–Crippen MR) is 150 cm³/mol. The summed E-state index contributed by atoms with van der Waals surface area (Å²) >= 11 is 0. The van der Waals surface area contributed by atoms with Gasteiger partial charge in [-0.15, -0.1) is 0 Å². The van der Waals surface area contributed by atoms with E-state index in [1.54, 1.807) is 48.5 Å². The van der Waals surface area contributed by atoms with Crippen molar-refractivity contribution in [2.24, 2.45) is 0 Å². The highest BCUT2D eigenvalue weighted by atomic mass is 32.2. The number of hydrogen-bond donors (Lipinski definition) is 2. The number of carbonyl (C=O) groups excluding carboxylic acids is 2. The average molecular weight is 599 g/mol. The fraction of sp³-hybridized carbons (Fsp3) is 0.103. The number of amides is 2. The highest BCUT2D eigenvalue weighted by molar-refractivity contribution is 7.92. The molecule has 12 heteroatoms. The van der Waals surface area contributed by atoms with E-state index in [-0.39, 0.29) is 9.79 Å². The molecular weight excluding hydrogens is 574 g/mol. The second-order valence-electron chi connectivity index (χ2n) is 9.09. The first-order valence-corrected chi connectivity index (χ1v) is 15.4. The molecule has 41 heavy (non-hydrogen) atoms. The highest BCUT2D eigenvalue weighted by Crippen LogP contribution is 2.18. The Morgan fingerprint density at radius 2 is 0.829 bits per heavy atom. The Morgan fingerprint density at radius 1 is 0.512 bits per heavy atom. The molecule has 0 aliphatic rings. The first-order chi connectivity index (χ1) is 19.4. The summed E-state index contributed by atoms with van der Waals surface area (Å²) in [5.41, 5.74) is 2.59. The number of anilines is 2. The standard InChI is InChI=1S/C29H24F2N2O6S2/c30-22-5-13-26(14-6-22)40(36,37)18-28(34)32-24-9-1-20(2-10-24)17-21-3-11-25(12-4-21)33-29(35)19-41(38,39)27-15-7-23(31)8-16-27/h1-16H,17-19H2,(H,32,34)(H,33,35). The Hall–Kier alpha value is -4.42. The predicted octanol–water partition coefficient (Wildman–Crippen LogP) is 4.38. The molecule has 0 aromatic heterocycles. The molecule has 4 rings (SSSR count). The number of rotatable bonds is 10. The topological polar surface area (TPSA) is 126 Å². The van der Waals surface area contributed by atoms with Gasteiger partial charge in [0.05, 0.1) is 9.79 Å². The third-order valence-electron chi connectivity index (χ3n) is 5.87. The molecule has 0 unspecified atom stereocenters. The Bertz CT molecular complexity index is 1620. The molecule has 2 amide bonds. The van der Waals surface area contributed by atoms with Gasteiger partial charge in [-0.2, -0.15) is 0 Å². The zero-order chi connectivity index (χ0) is 29.6. The summed E-state index contributed by atoms with van der Waals surface area (Å²) in [4.78, 5) is 24.2. The lowest BCUT2D eigenvalue weighted by atomic mass is 10.0. The molecule has 0 aliphatic carbocycles. The van der Waals surface area contributed by atoms with Gasteiger partial charge >= 0.3 is 0 Å². The number of sulfone groups is 2. The molecule has 0 saturated carbocycles. The molecule has 0 aliphatic heterocycles. The van der Waals surface area contributed by atoms with Crippen molar-refractivity contribution in [1.29, 1.82) is 0 Å². The molecular formula is C29H24F2N2O6S2. The van der Waals surface area contributed by atoms with Crippen molar-refractivity contribution in [2.75, 3.05) is 22.1 Å². The van der Waals surface area contributed by atoms with Crippen LogP contribution in [-0.2, 0) is 35.7 Å². The largest absolute Gasteiger partial charge is 0.325 e. The van der Waals surface area contributed by atoms with E-state index in [1.807, 2.05) is 0 Å². The molecule has 0 saturated heterocycles. The zero-order valence-corrected chi connectivity index (χ0v) is 23.0. The van der Waals surface area contributed by atoms with E-state index < -0.39 is 54.6 Å². The number of nitrogens with one attached hydrogen (secondary N) is 2. The van der Waals surface area contributed by atoms with Crippen molar-refractivity contribution in [1.82, 2.24) is 0 Å². The molecule has 0 heterocycles. The van der Waals surface area contributed by atoms with E-state index in [9.17, 15) is 35.2 Å². The van der Waals surface area contributed by atoms with Crippen molar-refractivity contribution in [2.45, 2.75) is 16.2 Å². The monoisotopic (exact) mass is 598 g/mol. The van der Waals surface area contributed by atoms with E-state index in [1.165, 1.54) is 0 Å². The van der Waals surface area contributed by atoms with E-state index in [4.69, 9.17) is 0 Å². The fourth-order valence-electron chi connectivity index (χ4n) is 3.84. The summed E-state index contributed by atoms with van der Waals surface area (Å²) in [6.07, 6.45) is 0.514. The molecule has 0 fully saturated rings. The van der Waals surface area contributed by atoms with Crippen LogP contribution in [0.5, 0.6) is 0 Å². The van der Waals surface area contributed by atoms with Gasteiger partial charge in [-0.3, -0.25) is 9.59 Å². The molecule has 4 aromatic carbocycles. The summed E-state index contributed by atoms with van der Waals surface area (Å²) in [6, 6.07) is 22.1. The zero-order valence-electron chi connectivity index (χ0n) is 21.4. The van der Waals surface area contributed by atoms with Crippen LogP contribution >= 0.6 is 0 Å². The van der Waals surface area contributed by atoms with Gasteiger partial charge in [0.2, 0.25) is 11.8 Å². The highest BCUT2D eigenvalue weighted by Gasteiger charge is 2.20. The van der Waals surface area contributed by atoms with Gasteiger partial charge < -0.3 is 10.6 Å². The van der Waals surface area contributed by atoms with Crippen molar-refractivity contribution >= 4 is 42.9 Å². The lowest BCUT2D eigenvalue weighted by Gasteiger charge is -2.09. The summed E-state index contributed by atoms with van der Waals surface area (Å²) in [7, 11) is -7.85. The maximum absolute atomic E-state index is 13.0. The van der Waals surface area contributed by atoms with Crippen molar-refractivity contribution in [3.05, 3.63) is 120 Å². The van der Waals surface area contributed by atoms with Crippen LogP contribution in [0.25, 0.3) is 0 Å². The van der Waals surface area contributed by atoms with Gasteiger partial charge in [-0.25, -0.2) is 25.6 Å². The summed E-state index contributed by atoms with van der Waals surface area (Å²) in [5, 5.41) is 5.07. The SMILES string of the molecule is O=C(CS(=O)(=O)c1ccc(F)cc1)Nc1ccc(Cc2ccc(NC(=O)CS(=O)(=O)c3ccc(F)cc3)cc2)cc1. The van der Waals surface area contributed by atoms with Crippen LogP contribution in [0.3, 0.4) is 0 Å². The van der Waals surface area contributed by atoms with Crippen LogP contribution in [0.2, 0.25) is 0 Å². The van der Waals surface area contributed by atoms with Gasteiger partial charge in [-0.05, 0) is 90.3 Å². The number of benzene rings is 4. The average Bonchev–Trinajstić information content (AvgIpc) is 2.91. The third-order valence-corrected chi connectivity index (χ3v) is 9.14. The van der Waals surface area contributed by atoms with Gasteiger partial charge in [-0.1, -0.05) is 24.3 Å². The first kappa shape index (κ1) is 29.6. The summed E-state index contributed by atoms with van der Waals surface area (Å²) in [6.45, 7) is 0. The van der Waals surface area contributed by atoms with E-state index in [0.29, 0.717) is 17.8 Å². The maximum Gasteiger partial charge on any atom is 0.239 e. The maximum atomic E-state index is 13.0. The molecule has 212 valence electrons. The lowest BCUT2D eigenvalue weighted by Crippen LogP contribution is -2.23. The minimum Gasteiger partial charge on any atom is -0.325 e.